The molecule has 1 aromatic rings. The minimum atomic E-state index is -3.13. The molecule has 0 radical (unpaired) electrons. The Hall–Kier alpha value is -1.07. The van der Waals surface area contributed by atoms with Crippen LogP contribution in [0.3, 0.4) is 0 Å². The van der Waals surface area contributed by atoms with E-state index in [1.165, 1.54) is 24.1 Å². The molecule has 166 valence electrons. The first kappa shape index (κ1) is 26.0. The molecule has 1 saturated heterocycles. The van der Waals surface area contributed by atoms with E-state index in [1.807, 2.05) is 6.92 Å². The van der Waals surface area contributed by atoms with Crippen molar-refractivity contribution in [3.05, 3.63) is 29.8 Å². The van der Waals surface area contributed by atoms with Crippen molar-refractivity contribution >= 4 is 45.6 Å². The van der Waals surface area contributed by atoms with Crippen molar-refractivity contribution in [3.8, 4) is 0 Å². The fraction of sp³-hybridized carbons (Fsp3) is 0.650. The van der Waals surface area contributed by atoms with E-state index < -0.39 is 10.0 Å². The lowest BCUT2D eigenvalue weighted by molar-refractivity contribution is 0.580. The van der Waals surface area contributed by atoms with Crippen LogP contribution in [0, 0.1) is 0 Å². The van der Waals surface area contributed by atoms with Gasteiger partial charge < -0.3 is 15.5 Å². The lowest BCUT2D eigenvalue weighted by Gasteiger charge is -2.22. The van der Waals surface area contributed by atoms with Gasteiger partial charge in [0, 0.05) is 38.4 Å². The summed E-state index contributed by atoms with van der Waals surface area (Å²) in [5.41, 5.74) is 2.51. The van der Waals surface area contributed by atoms with Gasteiger partial charge in [-0.25, -0.2) is 13.1 Å². The third kappa shape index (κ3) is 9.08. The molecule has 1 fully saturated rings. The number of nitrogens with zero attached hydrogens (tertiary/aromatic N) is 2. The standard InChI is InChI=1S/C20H35N5O2S.HI/c1-4-21-20(22-12-9-13-23-28(26,27)5-2)24-17(3)18-10-8-11-19(16-18)25-14-6-7-15-25;/h8,10-11,16-17,23H,4-7,9,12-15H2,1-3H3,(H2,21,22,24);1H. The summed E-state index contributed by atoms with van der Waals surface area (Å²) in [4.78, 5) is 7.01. The van der Waals surface area contributed by atoms with E-state index in [1.54, 1.807) is 6.92 Å². The number of halogens is 1. The molecule has 0 aromatic heterocycles. The van der Waals surface area contributed by atoms with Crippen LogP contribution < -0.4 is 20.3 Å². The summed E-state index contributed by atoms with van der Waals surface area (Å²) < 4.78 is 25.5. The van der Waals surface area contributed by atoms with Gasteiger partial charge in [0.05, 0.1) is 11.8 Å². The van der Waals surface area contributed by atoms with Gasteiger partial charge in [0.25, 0.3) is 0 Å². The molecule has 9 heteroatoms. The molecule has 0 saturated carbocycles. The molecule has 0 bridgehead atoms. The summed E-state index contributed by atoms with van der Waals surface area (Å²) in [5, 5.41) is 6.71. The van der Waals surface area contributed by atoms with Crippen molar-refractivity contribution in [2.75, 3.05) is 43.4 Å². The molecule has 1 aliphatic heterocycles. The highest BCUT2D eigenvalue weighted by Crippen LogP contribution is 2.23. The summed E-state index contributed by atoms with van der Waals surface area (Å²) in [6, 6.07) is 8.81. The van der Waals surface area contributed by atoms with Gasteiger partial charge in [-0.2, -0.15) is 0 Å². The number of aliphatic imine (C=N–C) groups is 1. The number of sulfonamides is 1. The van der Waals surface area contributed by atoms with E-state index in [0.717, 1.165) is 25.6 Å². The highest BCUT2D eigenvalue weighted by atomic mass is 127. The van der Waals surface area contributed by atoms with Crippen molar-refractivity contribution < 1.29 is 8.42 Å². The van der Waals surface area contributed by atoms with Crippen LogP contribution in [-0.2, 0) is 10.0 Å². The number of benzene rings is 1. The molecule has 7 nitrogen and oxygen atoms in total. The highest BCUT2D eigenvalue weighted by molar-refractivity contribution is 14.0. The molecular weight excluding hydrogens is 501 g/mol. The molecule has 0 aliphatic carbocycles. The average Bonchev–Trinajstić information content (AvgIpc) is 3.22. The summed E-state index contributed by atoms with van der Waals surface area (Å²) >= 11 is 0. The number of anilines is 1. The van der Waals surface area contributed by atoms with Crippen LogP contribution in [0.15, 0.2) is 29.3 Å². The fourth-order valence-electron chi connectivity index (χ4n) is 3.17. The normalized spacial score (nSPS) is 15.7. The zero-order valence-electron chi connectivity index (χ0n) is 17.8. The second-order valence-corrected chi connectivity index (χ2v) is 9.16. The third-order valence-electron chi connectivity index (χ3n) is 4.85. The molecule has 0 amide bonds. The van der Waals surface area contributed by atoms with Crippen LogP contribution >= 0.6 is 24.0 Å². The summed E-state index contributed by atoms with van der Waals surface area (Å²) in [6.45, 7) is 9.81. The topological polar surface area (TPSA) is 85.8 Å². The molecule has 1 aliphatic rings. The molecule has 3 N–H and O–H groups in total. The van der Waals surface area contributed by atoms with E-state index in [9.17, 15) is 8.42 Å². The SMILES string of the molecule is CCNC(=NCCCNS(=O)(=O)CC)NC(C)c1cccc(N2CCCC2)c1.I. The lowest BCUT2D eigenvalue weighted by atomic mass is 10.1. The molecular formula is C20H36IN5O2S. The largest absolute Gasteiger partial charge is 0.372 e. The molecule has 2 rings (SSSR count). The zero-order valence-corrected chi connectivity index (χ0v) is 20.9. The smallest absolute Gasteiger partial charge is 0.211 e. The average molecular weight is 538 g/mol. The first-order valence-corrected chi connectivity index (χ1v) is 12.0. The van der Waals surface area contributed by atoms with Crippen molar-refractivity contribution in [2.24, 2.45) is 4.99 Å². The van der Waals surface area contributed by atoms with Crippen LogP contribution in [0.5, 0.6) is 0 Å². The molecule has 1 unspecified atom stereocenters. The van der Waals surface area contributed by atoms with Crippen molar-refractivity contribution in [2.45, 2.75) is 46.1 Å². The van der Waals surface area contributed by atoms with Crippen LogP contribution in [0.1, 0.15) is 51.6 Å². The molecule has 0 spiro atoms. The number of hydrogen-bond donors (Lipinski definition) is 3. The Kier molecular flexibility index (Phi) is 11.9. The summed E-state index contributed by atoms with van der Waals surface area (Å²) in [6.07, 6.45) is 3.20. The van der Waals surface area contributed by atoms with Crippen LogP contribution in [0.4, 0.5) is 5.69 Å². The number of guanidine groups is 1. The quantitative estimate of drug-likeness (QED) is 0.185. The summed E-state index contributed by atoms with van der Waals surface area (Å²) in [5.74, 6) is 0.856. The molecule has 1 aromatic carbocycles. The minimum absolute atomic E-state index is 0. The first-order valence-electron chi connectivity index (χ1n) is 10.3. The maximum absolute atomic E-state index is 11.4. The minimum Gasteiger partial charge on any atom is -0.372 e. The highest BCUT2D eigenvalue weighted by Gasteiger charge is 2.14. The van der Waals surface area contributed by atoms with Gasteiger partial charge in [-0.15, -0.1) is 24.0 Å². The van der Waals surface area contributed by atoms with Gasteiger partial charge in [-0.05, 0) is 57.7 Å². The Morgan fingerprint density at radius 1 is 1.24 bits per heavy atom. The second-order valence-electron chi connectivity index (χ2n) is 7.07. The fourth-order valence-corrected chi connectivity index (χ4v) is 3.83. The summed E-state index contributed by atoms with van der Waals surface area (Å²) in [7, 11) is -3.13. The van der Waals surface area contributed by atoms with E-state index in [4.69, 9.17) is 0 Å². The first-order chi connectivity index (χ1) is 13.4. The van der Waals surface area contributed by atoms with E-state index in [-0.39, 0.29) is 35.8 Å². The lowest BCUT2D eigenvalue weighted by Crippen LogP contribution is -2.39. The van der Waals surface area contributed by atoms with Crippen molar-refractivity contribution in [1.29, 1.82) is 0 Å². The van der Waals surface area contributed by atoms with E-state index >= 15 is 0 Å². The van der Waals surface area contributed by atoms with Crippen LogP contribution in [0.25, 0.3) is 0 Å². The third-order valence-corrected chi connectivity index (χ3v) is 6.25. The van der Waals surface area contributed by atoms with Gasteiger partial charge in [-0.3, -0.25) is 4.99 Å². The predicted octanol–water partition coefficient (Wildman–Crippen LogP) is 2.85. The van der Waals surface area contributed by atoms with Crippen molar-refractivity contribution in [3.63, 3.8) is 0 Å². The number of rotatable bonds is 10. The molecule has 1 heterocycles. The van der Waals surface area contributed by atoms with Gasteiger partial charge in [-0.1, -0.05) is 12.1 Å². The number of nitrogens with one attached hydrogen (secondary N) is 3. The van der Waals surface area contributed by atoms with Crippen LogP contribution in [-0.4, -0.2) is 52.9 Å². The Morgan fingerprint density at radius 2 is 1.97 bits per heavy atom. The Balaban J connectivity index is 0.00000420. The Morgan fingerprint density at radius 3 is 2.62 bits per heavy atom. The van der Waals surface area contributed by atoms with Crippen LogP contribution in [0.2, 0.25) is 0 Å². The van der Waals surface area contributed by atoms with E-state index in [2.05, 4.69) is 56.4 Å². The Bertz CT molecular complexity index is 736. The van der Waals surface area contributed by atoms with Crippen molar-refractivity contribution in [1.82, 2.24) is 15.4 Å². The second kappa shape index (κ2) is 13.3. The zero-order chi connectivity index (χ0) is 20.4. The molecule has 29 heavy (non-hydrogen) atoms. The van der Waals surface area contributed by atoms with Gasteiger partial charge >= 0.3 is 0 Å². The maximum Gasteiger partial charge on any atom is 0.211 e. The molecule has 1 atom stereocenters. The Labute approximate surface area is 193 Å². The monoisotopic (exact) mass is 537 g/mol. The van der Waals surface area contributed by atoms with Gasteiger partial charge in [0.2, 0.25) is 10.0 Å². The van der Waals surface area contributed by atoms with Gasteiger partial charge in [0.15, 0.2) is 5.96 Å². The number of hydrogen-bond acceptors (Lipinski definition) is 4. The maximum atomic E-state index is 11.4. The van der Waals surface area contributed by atoms with E-state index in [0.29, 0.717) is 19.5 Å². The van der Waals surface area contributed by atoms with Gasteiger partial charge in [0.1, 0.15) is 0 Å². The predicted molar refractivity (Wildman–Crippen MR) is 133 cm³/mol.